The van der Waals surface area contributed by atoms with Gasteiger partial charge in [0.1, 0.15) is 0 Å². The van der Waals surface area contributed by atoms with Crippen molar-refractivity contribution >= 4 is 17.5 Å². The van der Waals surface area contributed by atoms with Gasteiger partial charge in [-0.2, -0.15) is 13.2 Å². The third-order valence-corrected chi connectivity index (χ3v) is 5.22. The molecule has 1 saturated heterocycles. The van der Waals surface area contributed by atoms with E-state index in [4.69, 9.17) is 5.73 Å². The van der Waals surface area contributed by atoms with Crippen LogP contribution in [0.4, 0.5) is 18.9 Å². The quantitative estimate of drug-likeness (QED) is 0.857. The number of anilines is 1. The minimum absolute atomic E-state index is 0.103. The Morgan fingerprint density at radius 1 is 1.19 bits per heavy atom. The summed E-state index contributed by atoms with van der Waals surface area (Å²) in [5.41, 5.74) is 4.31. The molecule has 1 aliphatic carbocycles. The van der Waals surface area contributed by atoms with E-state index in [2.05, 4.69) is 5.32 Å². The van der Waals surface area contributed by atoms with Crippen molar-refractivity contribution in [3.63, 3.8) is 0 Å². The Morgan fingerprint density at radius 3 is 2.42 bits per heavy atom. The lowest BCUT2D eigenvalue weighted by Crippen LogP contribution is -2.51. The van der Waals surface area contributed by atoms with Crippen LogP contribution in [0.5, 0.6) is 0 Å². The first-order chi connectivity index (χ1) is 12.2. The molecule has 0 radical (unpaired) electrons. The van der Waals surface area contributed by atoms with Gasteiger partial charge in [-0.1, -0.05) is 12.8 Å². The zero-order valence-electron chi connectivity index (χ0n) is 14.4. The van der Waals surface area contributed by atoms with Gasteiger partial charge in [-0.15, -0.1) is 0 Å². The van der Waals surface area contributed by atoms with Crippen LogP contribution in [0.3, 0.4) is 0 Å². The number of nitrogens with zero attached hydrogens (tertiary/aromatic N) is 1. The molecule has 3 N–H and O–H groups in total. The lowest BCUT2D eigenvalue weighted by atomic mass is 9.96. The zero-order valence-corrected chi connectivity index (χ0v) is 14.4. The van der Waals surface area contributed by atoms with Crippen molar-refractivity contribution in [2.45, 2.75) is 50.2 Å². The van der Waals surface area contributed by atoms with Crippen LogP contribution in [0.15, 0.2) is 18.2 Å². The van der Waals surface area contributed by atoms with Crippen LogP contribution < -0.4 is 16.0 Å². The number of amides is 2. The smallest absolute Gasteiger partial charge is 0.345 e. The molecule has 5 nitrogen and oxygen atoms in total. The molecule has 1 heterocycles. The molecule has 2 fully saturated rings. The Labute approximate surface area is 149 Å². The average Bonchev–Trinajstić information content (AvgIpc) is 3.23. The molecule has 0 spiro atoms. The standard InChI is InChI=1S/C18H22F3N3O2/c19-18(20,21)13-8-12(9-14(10-13)24-7-3-4-15(24)25)16(26)23-17(11-22)5-1-2-6-17/h8-10H,1-7,11,22H2,(H,23,26). The largest absolute Gasteiger partial charge is 0.416 e. The molecule has 0 aromatic heterocycles. The van der Waals surface area contributed by atoms with Crippen LogP contribution in [0.25, 0.3) is 0 Å². The van der Waals surface area contributed by atoms with Crippen molar-refractivity contribution in [1.82, 2.24) is 5.32 Å². The fourth-order valence-corrected chi connectivity index (χ4v) is 3.73. The van der Waals surface area contributed by atoms with E-state index in [0.29, 0.717) is 32.2 Å². The highest BCUT2D eigenvalue weighted by Gasteiger charge is 2.36. The predicted molar refractivity (Wildman–Crippen MR) is 90.8 cm³/mol. The number of alkyl halides is 3. The first-order valence-corrected chi connectivity index (χ1v) is 8.79. The third-order valence-electron chi connectivity index (χ3n) is 5.22. The number of nitrogens with one attached hydrogen (secondary N) is 1. The van der Waals surface area contributed by atoms with Crippen LogP contribution >= 0.6 is 0 Å². The molecular formula is C18H22F3N3O2. The Morgan fingerprint density at radius 2 is 1.88 bits per heavy atom. The zero-order chi connectivity index (χ0) is 18.9. The first kappa shape index (κ1) is 18.7. The summed E-state index contributed by atoms with van der Waals surface area (Å²) in [5.74, 6) is -0.818. The lowest BCUT2D eigenvalue weighted by Gasteiger charge is -2.29. The predicted octanol–water partition coefficient (Wildman–Crippen LogP) is 2.83. The van der Waals surface area contributed by atoms with E-state index in [9.17, 15) is 22.8 Å². The number of rotatable bonds is 4. The van der Waals surface area contributed by atoms with Gasteiger partial charge in [-0.3, -0.25) is 9.59 Å². The lowest BCUT2D eigenvalue weighted by molar-refractivity contribution is -0.137. The molecule has 8 heteroatoms. The fraction of sp³-hybridized carbons (Fsp3) is 0.556. The molecule has 3 rings (SSSR count). The highest BCUT2D eigenvalue weighted by atomic mass is 19.4. The van der Waals surface area contributed by atoms with E-state index in [1.54, 1.807) is 0 Å². The monoisotopic (exact) mass is 369 g/mol. The second kappa shape index (κ2) is 6.90. The van der Waals surface area contributed by atoms with E-state index >= 15 is 0 Å². The van der Waals surface area contributed by atoms with E-state index in [0.717, 1.165) is 25.0 Å². The molecule has 0 unspecified atom stereocenters. The second-order valence-corrected chi connectivity index (χ2v) is 7.06. The van der Waals surface area contributed by atoms with Gasteiger partial charge in [0, 0.05) is 30.8 Å². The minimum atomic E-state index is -4.60. The van der Waals surface area contributed by atoms with Crippen molar-refractivity contribution in [2.24, 2.45) is 5.73 Å². The number of halogens is 3. The Bertz CT molecular complexity index is 712. The second-order valence-electron chi connectivity index (χ2n) is 7.06. The number of nitrogens with two attached hydrogens (primary N) is 1. The summed E-state index contributed by atoms with van der Waals surface area (Å²) >= 11 is 0. The van der Waals surface area contributed by atoms with Crippen LogP contribution in [0.2, 0.25) is 0 Å². The summed E-state index contributed by atoms with van der Waals surface area (Å²) in [5, 5.41) is 2.83. The van der Waals surface area contributed by atoms with Gasteiger partial charge in [-0.05, 0) is 37.5 Å². The van der Waals surface area contributed by atoms with Crippen LogP contribution in [0, 0.1) is 0 Å². The molecular weight excluding hydrogens is 347 g/mol. The molecule has 2 aliphatic rings. The molecule has 1 aromatic carbocycles. The van der Waals surface area contributed by atoms with E-state index in [-0.39, 0.29) is 23.7 Å². The number of carbonyl (C=O) groups is 2. The summed E-state index contributed by atoms with van der Waals surface area (Å²) in [7, 11) is 0. The molecule has 2 amide bonds. The van der Waals surface area contributed by atoms with Crippen molar-refractivity contribution in [1.29, 1.82) is 0 Å². The summed E-state index contributed by atoms with van der Waals surface area (Å²) in [6.07, 6.45) is -0.438. The molecule has 142 valence electrons. The maximum absolute atomic E-state index is 13.3. The van der Waals surface area contributed by atoms with Crippen LogP contribution in [-0.2, 0) is 11.0 Å². The Kier molecular flexibility index (Phi) is 4.96. The van der Waals surface area contributed by atoms with E-state index < -0.39 is 23.2 Å². The van der Waals surface area contributed by atoms with Gasteiger partial charge < -0.3 is 16.0 Å². The van der Waals surface area contributed by atoms with Gasteiger partial charge in [0.05, 0.1) is 11.1 Å². The number of hydrogen-bond acceptors (Lipinski definition) is 3. The van der Waals surface area contributed by atoms with Crippen molar-refractivity contribution < 1.29 is 22.8 Å². The summed E-state index contributed by atoms with van der Waals surface area (Å²) in [4.78, 5) is 25.9. The van der Waals surface area contributed by atoms with Crippen molar-refractivity contribution in [2.75, 3.05) is 18.0 Å². The minimum Gasteiger partial charge on any atom is -0.345 e. The SMILES string of the molecule is NCC1(NC(=O)c2cc(N3CCCC3=O)cc(C(F)(F)F)c2)CCCC1. The molecule has 1 aromatic rings. The third kappa shape index (κ3) is 3.70. The number of benzene rings is 1. The topological polar surface area (TPSA) is 75.4 Å². The Hall–Kier alpha value is -2.09. The van der Waals surface area contributed by atoms with Crippen molar-refractivity contribution in [3.8, 4) is 0 Å². The molecule has 0 atom stereocenters. The summed E-state index contributed by atoms with van der Waals surface area (Å²) < 4.78 is 39.9. The van der Waals surface area contributed by atoms with Gasteiger partial charge in [0.15, 0.2) is 0 Å². The average molecular weight is 369 g/mol. The van der Waals surface area contributed by atoms with Gasteiger partial charge in [0.2, 0.25) is 5.91 Å². The van der Waals surface area contributed by atoms with Gasteiger partial charge in [0.25, 0.3) is 5.91 Å². The van der Waals surface area contributed by atoms with Crippen LogP contribution in [-0.4, -0.2) is 30.4 Å². The molecule has 1 aliphatic heterocycles. The van der Waals surface area contributed by atoms with E-state index in [1.807, 2.05) is 0 Å². The number of carbonyl (C=O) groups excluding carboxylic acids is 2. The summed E-state index contributed by atoms with van der Waals surface area (Å²) in [6.45, 7) is 0.600. The Balaban J connectivity index is 1.94. The highest BCUT2D eigenvalue weighted by molar-refractivity contribution is 5.99. The van der Waals surface area contributed by atoms with Crippen LogP contribution in [0.1, 0.15) is 54.4 Å². The first-order valence-electron chi connectivity index (χ1n) is 8.79. The molecule has 1 saturated carbocycles. The molecule has 0 bridgehead atoms. The van der Waals surface area contributed by atoms with Gasteiger partial charge >= 0.3 is 6.18 Å². The maximum Gasteiger partial charge on any atom is 0.416 e. The fourth-order valence-electron chi connectivity index (χ4n) is 3.73. The van der Waals surface area contributed by atoms with Crippen molar-refractivity contribution in [3.05, 3.63) is 29.3 Å². The molecule has 26 heavy (non-hydrogen) atoms. The number of hydrogen-bond donors (Lipinski definition) is 2. The maximum atomic E-state index is 13.3. The highest BCUT2D eigenvalue weighted by Crippen LogP contribution is 2.35. The normalized spacial score (nSPS) is 19.8. The summed E-state index contributed by atoms with van der Waals surface area (Å²) in [6, 6.07) is 3.11. The van der Waals surface area contributed by atoms with E-state index in [1.165, 1.54) is 11.0 Å². The van der Waals surface area contributed by atoms with Gasteiger partial charge in [-0.25, -0.2) is 0 Å².